The van der Waals surface area contributed by atoms with Crippen LogP contribution in [0.25, 0.3) is 0 Å². The first kappa shape index (κ1) is 17.6. The van der Waals surface area contributed by atoms with E-state index in [0.29, 0.717) is 0 Å². The molecule has 0 bridgehead atoms. The van der Waals surface area contributed by atoms with Gasteiger partial charge in [0.25, 0.3) is 8.48 Å². The van der Waals surface area contributed by atoms with E-state index in [4.69, 9.17) is 17.7 Å². The quantitative estimate of drug-likeness (QED) is 0.476. The highest BCUT2D eigenvalue weighted by atomic mass is 32.4. The average molecular weight is 326 g/mol. The molecule has 8 heteroatoms. The van der Waals surface area contributed by atoms with Crippen LogP contribution in [-0.2, 0) is 17.7 Å². The van der Waals surface area contributed by atoms with Gasteiger partial charge in [-0.15, -0.1) is 0 Å². The lowest BCUT2D eigenvalue weighted by Crippen LogP contribution is -2.48. The van der Waals surface area contributed by atoms with Gasteiger partial charge in [0.1, 0.15) is 0 Å². The Balaban J connectivity index is 2.31. The molecule has 0 amide bonds. The van der Waals surface area contributed by atoms with E-state index in [1.807, 2.05) is 7.11 Å². The van der Waals surface area contributed by atoms with Gasteiger partial charge in [-0.1, -0.05) is 11.2 Å². The second-order valence-corrected chi connectivity index (χ2v) is 14.0. The normalized spacial score (nSPS) is 25.1. The maximum absolute atomic E-state index is 5.77. The molecule has 1 heterocycles. The monoisotopic (exact) mass is 325 g/mol. The third-order valence-corrected chi connectivity index (χ3v) is 13.2. The Morgan fingerprint density at radius 1 is 1.16 bits per heavy atom. The lowest BCUT2D eigenvalue weighted by Gasteiger charge is -2.31. The maximum Gasteiger partial charge on any atom is 0.572 e. The van der Waals surface area contributed by atoms with Crippen molar-refractivity contribution in [3.8, 4) is 0 Å². The minimum atomic E-state index is -2.46. The van der Waals surface area contributed by atoms with E-state index in [0.717, 1.165) is 18.7 Å². The van der Waals surface area contributed by atoms with Crippen LogP contribution >= 0.6 is 11.2 Å². The van der Waals surface area contributed by atoms with Crippen LogP contribution in [-0.4, -0.2) is 68.3 Å². The molecule has 1 aliphatic rings. The molecule has 0 aromatic carbocycles. The molecular weight excluding hydrogens is 298 g/mol. The third kappa shape index (κ3) is 4.53. The van der Waals surface area contributed by atoms with E-state index >= 15 is 0 Å². The second kappa shape index (κ2) is 8.13. The first-order valence-corrected chi connectivity index (χ1v) is 12.6. The van der Waals surface area contributed by atoms with Crippen LogP contribution in [0.15, 0.2) is 0 Å². The van der Waals surface area contributed by atoms with Gasteiger partial charge in [-0.25, -0.2) is 0 Å². The fourth-order valence-corrected chi connectivity index (χ4v) is 8.93. The summed E-state index contributed by atoms with van der Waals surface area (Å²) in [5.74, 6) is 0.992. The van der Waals surface area contributed by atoms with Crippen molar-refractivity contribution in [2.45, 2.75) is 25.4 Å². The van der Waals surface area contributed by atoms with Crippen molar-refractivity contribution in [3.05, 3.63) is 0 Å². The largest absolute Gasteiger partial charge is 0.572 e. The highest BCUT2D eigenvalue weighted by molar-refractivity contribution is 8.26. The van der Waals surface area contributed by atoms with Gasteiger partial charge in [0, 0.05) is 28.4 Å². The van der Waals surface area contributed by atoms with Gasteiger partial charge >= 0.3 is 7.95 Å². The van der Waals surface area contributed by atoms with Crippen molar-refractivity contribution < 1.29 is 17.7 Å². The van der Waals surface area contributed by atoms with Crippen molar-refractivity contribution in [2.75, 3.05) is 47.3 Å². The second-order valence-electron chi connectivity index (χ2n) is 4.78. The predicted molar refractivity (Wildman–Crippen MR) is 83.5 cm³/mol. The topological polar surface area (TPSA) is 40.2 Å². The van der Waals surface area contributed by atoms with Gasteiger partial charge in [-0.2, -0.15) is 0 Å². The molecule has 0 N–H and O–H groups in total. The lowest BCUT2D eigenvalue weighted by atomic mass is 10.4. The van der Waals surface area contributed by atoms with Crippen LogP contribution in [0.1, 0.15) is 12.8 Å². The van der Waals surface area contributed by atoms with Gasteiger partial charge in [0.05, 0.1) is 0 Å². The highest BCUT2D eigenvalue weighted by Crippen LogP contribution is 2.27. The maximum atomic E-state index is 5.77. The van der Waals surface area contributed by atoms with Crippen LogP contribution < -0.4 is 0 Å². The van der Waals surface area contributed by atoms with E-state index in [9.17, 15) is 0 Å². The molecule has 1 rings (SSSR count). The Labute approximate surface area is 123 Å². The molecule has 0 saturated carbocycles. The summed E-state index contributed by atoms with van der Waals surface area (Å²) in [6.45, 7) is 4.60. The van der Waals surface area contributed by atoms with Gasteiger partial charge < -0.3 is 22.3 Å². The van der Waals surface area contributed by atoms with Gasteiger partial charge in [-0.05, 0) is 44.3 Å². The van der Waals surface area contributed by atoms with Crippen LogP contribution in [0.3, 0.4) is 0 Å². The zero-order chi connectivity index (χ0) is 14.4. The average Bonchev–Trinajstić information content (AvgIpc) is 2.82. The van der Waals surface area contributed by atoms with Crippen molar-refractivity contribution >= 4 is 27.6 Å². The van der Waals surface area contributed by atoms with Gasteiger partial charge in [-0.3, -0.25) is 0 Å². The third-order valence-electron chi connectivity index (χ3n) is 3.78. The number of hydrogen-bond donors (Lipinski definition) is 0. The van der Waals surface area contributed by atoms with E-state index < -0.39 is 16.4 Å². The van der Waals surface area contributed by atoms with E-state index in [1.165, 1.54) is 19.0 Å². The molecular formula is C11H27NO4SSi2. The standard InChI is InChI=1S/C11H27NO4SSi2/c1-13-18(5)11-7-9-12(18)8-6-10-17-19(14-2,15-3)16-4/h6-11H2,1-5H3. The van der Waals surface area contributed by atoms with Crippen molar-refractivity contribution in [1.29, 1.82) is 0 Å². The fraction of sp³-hybridized carbons (Fsp3) is 1.00. The van der Waals surface area contributed by atoms with E-state index in [2.05, 4.69) is 11.1 Å². The Hall–Kier alpha value is 0.584. The molecule has 0 radical (unpaired) electrons. The van der Waals surface area contributed by atoms with Gasteiger partial charge in [0.15, 0.2) is 0 Å². The molecule has 1 fully saturated rings. The summed E-state index contributed by atoms with van der Waals surface area (Å²) < 4.78 is 24.5. The summed E-state index contributed by atoms with van der Waals surface area (Å²) in [5, 5.41) is 0. The minimum absolute atomic E-state index is 0.992. The SMILES string of the molecule is CO[Si](OC)(OC)SCCCN1CCC[Si]1(C)OC. The number of rotatable bonds is 9. The van der Waals surface area contributed by atoms with Crippen LogP contribution in [0.5, 0.6) is 0 Å². The first-order valence-electron chi connectivity index (χ1n) is 6.65. The molecule has 0 spiro atoms. The zero-order valence-corrected chi connectivity index (χ0v) is 15.5. The molecule has 5 nitrogen and oxygen atoms in total. The lowest BCUT2D eigenvalue weighted by molar-refractivity contribution is 0.152. The fourth-order valence-electron chi connectivity index (χ4n) is 2.45. The van der Waals surface area contributed by atoms with Gasteiger partial charge in [0.2, 0.25) is 0 Å². The summed E-state index contributed by atoms with van der Waals surface area (Å²) in [5.41, 5.74) is 0. The van der Waals surface area contributed by atoms with Crippen molar-refractivity contribution in [1.82, 2.24) is 4.57 Å². The van der Waals surface area contributed by atoms with Crippen molar-refractivity contribution in [2.24, 2.45) is 0 Å². The van der Waals surface area contributed by atoms with E-state index in [1.54, 1.807) is 32.5 Å². The Bertz CT molecular complexity index is 263. The van der Waals surface area contributed by atoms with Crippen molar-refractivity contribution in [3.63, 3.8) is 0 Å². The summed E-state index contributed by atoms with van der Waals surface area (Å²) in [6.07, 6.45) is 2.39. The summed E-state index contributed by atoms with van der Waals surface area (Å²) in [7, 11) is 2.79. The van der Waals surface area contributed by atoms with Crippen LogP contribution in [0.2, 0.25) is 12.6 Å². The predicted octanol–water partition coefficient (Wildman–Crippen LogP) is 1.91. The Kier molecular flexibility index (Phi) is 7.55. The zero-order valence-electron chi connectivity index (χ0n) is 12.7. The summed E-state index contributed by atoms with van der Waals surface area (Å²) in [6, 6.07) is 1.25. The Morgan fingerprint density at radius 2 is 1.79 bits per heavy atom. The molecule has 1 unspecified atom stereocenters. The molecule has 0 aromatic rings. The highest BCUT2D eigenvalue weighted by Gasteiger charge is 2.41. The van der Waals surface area contributed by atoms with E-state index in [-0.39, 0.29) is 0 Å². The van der Waals surface area contributed by atoms with Crippen LogP contribution in [0, 0.1) is 0 Å². The summed E-state index contributed by atoms with van der Waals surface area (Å²) in [4.78, 5) is 0. The Morgan fingerprint density at radius 3 is 2.32 bits per heavy atom. The summed E-state index contributed by atoms with van der Waals surface area (Å²) >= 11 is 1.68. The van der Waals surface area contributed by atoms with Crippen LogP contribution in [0.4, 0.5) is 0 Å². The molecule has 1 atom stereocenters. The first-order chi connectivity index (χ1) is 9.05. The smallest absolute Gasteiger partial charge is 0.406 e. The molecule has 1 aliphatic heterocycles. The molecule has 1 saturated heterocycles. The molecule has 0 aromatic heterocycles. The minimum Gasteiger partial charge on any atom is -0.406 e. The molecule has 114 valence electrons. The molecule has 19 heavy (non-hydrogen) atoms. The number of hydrogen-bond acceptors (Lipinski definition) is 6. The number of nitrogens with zero attached hydrogens (tertiary/aromatic N) is 1. The molecule has 0 aliphatic carbocycles.